The van der Waals surface area contributed by atoms with Crippen LogP contribution in [-0.2, 0) is 4.79 Å². The minimum Gasteiger partial charge on any atom is -0.356 e. The number of fused-ring (bicyclic) bond motifs is 1. The number of nitrogens with zero attached hydrogens (tertiary/aromatic N) is 3. The van der Waals surface area contributed by atoms with Gasteiger partial charge in [0.2, 0.25) is 11.9 Å². The maximum absolute atomic E-state index is 13.5. The lowest BCUT2D eigenvalue weighted by atomic mass is 9.97. The third-order valence-electron chi connectivity index (χ3n) is 5.64. The molecule has 0 aliphatic carbocycles. The predicted octanol–water partition coefficient (Wildman–Crippen LogP) is 3.97. The van der Waals surface area contributed by atoms with Crippen LogP contribution in [0.15, 0.2) is 40.5 Å². The maximum Gasteiger partial charge on any atom is 0.277 e. The number of carbonyl (C=O) groups is 1. The first-order valence-corrected chi connectivity index (χ1v) is 11.6. The molecule has 1 amide bonds. The van der Waals surface area contributed by atoms with E-state index in [0.29, 0.717) is 47.4 Å². The average molecular weight is 443 g/mol. The van der Waals surface area contributed by atoms with Crippen LogP contribution in [0.3, 0.4) is 0 Å². The van der Waals surface area contributed by atoms with Crippen molar-refractivity contribution in [3.8, 4) is 5.69 Å². The Kier molecular flexibility index (Phi) is 6.36. The number of benzene rings is 1. The molecule has 6 nitrogen and oxygen atoms in total. The average Bonchev–Trinajstić information content (AvgIpc) is 3.23. The molecule has 1 atom stereocenters. The standard InChI is InChI=1S/C23H27FN4O2S/c1-15(2)9-11-25-21(29)16-4-3-12-27(14-16)23-26-19-10-13-31-20(19)22(30)28(23)18-7-5-17(24)6-8-18/h5-8,10,13,15-16H,3-4,9,11-12,14H2,1-2H3,(H,25,29). The van der Waals surface area contributed by atoms with Gasteiger partial charge in [0.25, 0.3) is 5.56 Å². The zero-order valence-corrected chi connectivity index (χ0v) is 18.6. The lowest BCUT2D eigenvalue weighted by Gasteiger charge is -2.34. The summed E-state index contributed by atoms with van der Waals surface area (Å²) >= 11 is 1.35. The van der Waals surface area contributed by atoms with Gasteiger partial charge in [0.05, 0.1) is 17.1 Å². The summed E-state index contributed by atoms with van der Waals surface area (Å²) in [5, 5.41) is 4.90. The fourth-order valence-corrected chi connectivity index (χ4v) is 4.70. The summed E-state index contributed by atoms with van der Waals surface area (Å²) in [5.74, 6) is 0.576. The minimum atomic E-state index is -0.361. The third kappa shape index (κ3) is 4.63. The van der Waals surface area contributed by atoms with E-state index in [9.17, 15) is 14.0 Å². The van der Waals surface area contributed by atoms with Gasteiger partial charge < -0.3 is 10.2 Å². The Bertz CT molecular complexity index is 1120. The largest absolute Gasteiger partial charge is 0.356 e. The van der Waals surface area contributed by atoms with Crippen LogP contribution in [0, 0.1) is 17.7 Å². The monoisotopic (exact) mass is 442 g/mol. The Hall–Kier alpha value is -2.74. The third-order valence-corrected chi connectivity index (χ3v) is 6.53. The molecule has 0 radical (unpaired) electrons. The van der Waals surface area contributed by atoms with E-state index < -0.39 is 0 Å². The summed E-state index contributed by atoms with van der Waals surface area (Å²) in [6.07, 6.45) is 2.59. The van der Waals surface area contributed by atoms with Crippen molar-refractivity contribution in [1.29, 1.82) is 0 Å². The lowest BCUT2D eigenvalue weighted by molar-refractivity contribution is -0.125. The van der Waals surface area contributed by atoms with E-state index in [4.69, 9.17) is 4.98 Å². The number of piperidine rings is 1. The number of carbonyl (C=O) groups excluding carboxylic acids is 1. The highest BCUT2D eigenvalue weighted by Crippen LogP contribution is 2.26. The zero-order valence-electron chi connectivity index (χ0n) is 17.8. The first kappa shape index (κ1) is 21.5. The van der Waals surface area contributed by atoms with Gasteiger partial charge in [-0.1, -0.05) is 13.8 Å². The molecule has 1 saturated heterocycles. The Morgan fingerprint density at radius 1 is 1.29 bits per heavy atom. The number of aromatic nitrogens is 2. The number of halogens is 1. The van der Waals surface area contributed by atoms with Crippen molar-refractivity contribution in [3.63, 3.8) is 0 Å². The topological polar surface area (TPSA) is 67.2 Å². The molecular weight excluding hydrogens is 415 g/mol. The molecule has 1 fully saturated rings. The SMILES string of the molecule is CC(C)CCNC(=O)C1CCCN(c2nc3ccsc3c(=O)n2-c2ccc(F)cc2)C1. The van der Waals surface area contributed by atoms with Crippen LogP contribution in [0.2, 0.25) is 0 Å². The minimum absolute atomic E-state index is 0.0534. The first-order valence-electron chi connectivity index (χ1n) is 10.7. The number of rotatable bonds is 6. The van der Waals surface area contributed by atoms with Gasteiger partial charge in [0.15, 0.2) is 0 Å². The van der Waals surface area contributed by atoms with Crippen molar-refractivity contribution in [2.24, 2.45) is 11.8 Å². The molecule has 3 aromatic rings. The highest BCUT2D eigenvalue weighted by molar-refractivity contribution is 7.17. The Balaban J connectivity index is 1.66. The van der Waals surface area contributed by atoms with Crippen LogP contribution < -0.4 is 15.8 Å². The smallest absolute Gasteiger partial charge is 0.277 e. The van der Waals surface area contributed by atoms with Gasteiger partial charge >= 0.3 is 0 Å². The maximum atomic E-state index is 13.5. The molecule has 3 heterocycles. The summed E-state index contributed by atoms with van der Waals surface area (Å²) < 4.78 is 15.6. The van der Waals surface area contributed by atoms with Gasteiger partial charge in [0, 0.05) is 19.6 Å². The number of thiophene rings is 1. The van der Waals surface area contributed by atoms with Crippen molar-refractivity contribution in [2.45, 2.75) is 33.1 Å². The molecule has 164 valence electrons. The summed E-state index contributed by atoms with van der Waals surface area (Å²) in [5.41, 5.74) is 1.03. The second-order valence-electron chi connectivity index (χ2n) is 8.42. The molecule has 0 spiro atoms. The molecule has 2 aromatic heterocycles. The molecular formula is C23H27FN4O2S. The van der Waals surface area contributed by atoms with E-state index >= 15 is 0 Å². The summed E-state index contributed by atoms with van der Waals surface area (Å²) in [6.45, 7) is 6.15. The van der Waals surface area contributed by atoms with Crippen LogP contribution >= 0.6 is 11.3 Å². The van der Waals surface area contributed by atoms with Gasteiger partial charge in [-0.25, -0.2) is 13.9 Å². The van der Waals surface area contributed by atoms with Crippen molar-refractivity contribution < 1.29 is 9.18 Å². The van der Waals surface area contributed by atoms with Gasteiger partial charge in [-0.3, -0.25) is 9.59 Å². The van der Waals surface area contributed by atoms with Gasteiger partial charge in [0.1, 0.15) is 10.5 Å². The number of anilines is 1. The molecule has 0 saturated carbocycles. The van der Waals surface area contributed by atoms with Crippen molar-refractivity contribution in [3.05, 3.63) is 51.9 Å². The van der Waals surface area contributed by atoms with Gasteiger partial charge in [-0.2, -0.15) is 0 Å². The molecule has 8 heteroatoms. The first-order chi connectivity index (χ1) is 14.9. The Morgan fingerprint density at radius 2 is 2.06 bits per heavy atom. The number of hydrogen-bond donors (Lipinski definition) is 1. The van der Waals surface area contributed by atoms with Crippen LogP contribution in [0.5, 0.6) is 0 Å². The fraction of sp³-hybridized carbons (Fsp3) is 0.435. The molecule has 4 rings (SSSR count). The highest BCUT2D eigenvalue weighted by atomic mass is 32.1. The van der Waals surface area contributed by atoms with E-state index in [1.165, 1.54) is 28.0 Å². The quantitative estimate of drug-likeness (QED) is 0.627. The van der Waals surface area contributed by atoms with Gasteiger partial charge in [-0.15, -0.1) is 11.3 Å². The van der Waals surface area contributed by atoms with Crippen molar-refractivity contribution >= 4 is 33.4 Å². The van der Waals surface area contributed by atoms with Gasteiger partial charge in [-0.05, 0) is 60.9 Å². The molecule has 1 aliphatic heterocycles. The highest BCUT2D eigenvalue weighted by Gasteiger charge is 2.29. The number of nitrogens with one attached hydrogen (secondary N) is 1. The van der Waals surface area contributed by atoms with E-state index in [0.717, 1.165) is 19.3 Å². The lowest BCUT2D eigenvalue weighted by Crippen LogP contribution is -2.45. The zero-order chi connectivity index (χ0) is 22.0. The van der Waals surface area contributed by atoms with Crippen molar-refractivity contribution in [2.75, 3.05) is 24.5 Å². The molecule has 1 aromatic carbocycles. The number of amides is 1. The van der Waals surface area contributed by atoms with E-state index in [-0.39, 0.29) is 23.2 Å². The fourth-order valence-electron chi connectivity index (χ4n) is 3.94. The normalized spacial score (nSPS) is 16.8. The molecule has 1 N–H and O–H groups in total. The van der Waals surface area contributed by atoms with E-state index in [1.807, 2.05) is 16.3 Å². The summed E-state index contributed by atoms with van der Waals surface area (Å²) in [4.78, 5) is 32.8. The predicted molar refractivity (Wildman–Crippen MR) is 123 cm³/mol. The van der Waals surface area contributed by atoms with Crippen molar-refractivity contribution in [1.82, 2.24) is 14.9 Å². The molecule has 31 heavy (non-hydrogen) atoms. The molecule has 1 aliphatic rings. The molecule has 1 unspecified atom stereocenters. The van der Waals surface area contributed by atoms with E-state index in [2.05, 4.69) is 19.2 Å². The summed E-state index contributed by atoms with van der Waals surface area (Å²) in [7, 11) is 0. The Morgan fingerprint density at radius 3 is 2.81 bits per heavy atom. The van der Waals surface area contributed by atoms with Crippen LogP contribution in [0.25, 0.3) is 15.9 Å². The second kappa shape index (κ2) is 9.18. The van der Waals surface area contributed by atoms with Crippen LogP contribution in [0.4, 0.5) is 10.3 Å². The van der Waals surface area contributed by atoms with Crippen LogP contribution in [0.1, 0.15) is 33.1 Å². The summed E-state index contributed by atoms with van der Waals surface area (Å²) in [6, 6.07) is 7.68. The number of hydrogen-bond acceptors (Lipinski definition) is 5. The molecule has 0 bridgehead atoms. The Labute approximate surface area is 184 Å². The van der Waals surface area contributed by atoms with E-state index in [1.54, 1.807) is 12.1 Å². The second-order valence-corrected chi connectivity index (χ2v) is 9.34. The van der Waals surface area contributed by atoms with Crippen LogP contribution in [-0.4, -0.2) is 35.1 Å².